The topological polar surface area (TPSA) is 100 Å². The Morgan fingerprint density at radius 1 is 1.18 bits per heavy atom. The van der Waals surface area contributed by atoms with Crippen LogP contribution in [0.4, 0.5) is 10.1 Å². The van der Waals surface area contributed by atoms with Crippen molar-refractivity contribution in [3.05, 3.63) is 59.4 Å². The maximum Gasteiger partial charge on any atom is 0.238 e. The molecule has 0 aliphatic carbocycles. The Morgan fingerprint density at radius 2 is 1.97 bits per heavy atom. The van der Waals surface area contributed by atoms with Crippen molar-refractivity contribution >= 4 is 17.5 Å². The average Bonchev–Trinajstić information content (AvgIpc) is 3.15. The van der Waals surface area contributed by atoms with Crippen molar-refractivity contribution in [1.29, 1.82) is 0 Å². The fraction of sp³-hybridized carbons (Fsp3) is 0.440. The van der Waals surface area contributed by atoms with Crippen LogP contribution in [0.1, 0.15) is 29.9 Å². The summed E-state index contributed by atoms with van der Waals surface area (Å²) >= 11 is 0. The van der Waals surface area contributed by atoms with Gasteiger partial charge in [-0.1, -0.05) is 18.2 Å². The third kappa shape index (κ3) is 5.55. The van der Waals surface area contributed by atoms with Gasteiger partial charge in [0.2, 0.25) is 11.8 Å². The van der Waals surface area contributed by atoms with E-state index in [4.69, 9.17) is 9.47 Å². The first-order chi connectivity index (χ1) is 16.3. The Hall–Kier alpha value is -3.01. The monoisotopic (exact) mass is 471 g/mol. The minimum absolute atomic E-state index is 0.0861. The minimum Gasteiger partial charge on any atom is -0.487 e. The SMILES string of the molecule is CN(C)CC(=O)Nc1ccc2c(c1)[C@H]1C[C@@H](CC(=O)NCc3ccccc3F)O[C@H](CO)[C@H]1O2. The molecule has 34 heavy (non-hydrogen) atoms. The van der Waals surface area contributed by atoms with E-state index in [1.807, 2.05) is 26.2 Å². The van der Waals surface area contributed by atoms with Gasteiger partial charge in [-0.15, -0.1) is 0 Å². The van der Waals surface area contributed by atoms with E-state index in [0.717, 1.165) is 5.56 Å². The number of rotatable bonds is 8. The molecule has 0 radical (unpaired) electrons. The van der Waals surface area contributed by atoms with Gasteiger partial charge in [0.05, 0.1) is 25.7 Å². The molecule has 8 nitrogen and oxygen atoms in total. The van der Waals surface area contributed by atoms with E-state index < -0.39 is 12.2 Å². The van der Waals surface area contributed by atoms with Crippen LogP contribution in [0.15, 0.2) is 42.5 Å². The Labute approximate surface area is 198 Å². The van der Waals surface area contributed by atoms with Gasteiger partial charge in [0, 0.05) is 29.3 Å². The van der Waals surface area contributed by atoms with Crippen LogP contribution < -0.4 is 15.4 Å². The van der Waals surface area contributed by atoms with Crippen molar-refractivity contribution in [3.8, 4) is 5.75 Å². The highest BCUT2D eigenvalue weighted by molar-refractivity contribution is 5.92. The van der Waals surface area contributed by atoms with E-state index in [9.17, 15) is 19.1 Å². The van der Waals surface area contributed by atoms with E-state index >= 15 is 0 Å². The van der Waals surface area contributed by atoms with Crippen molar-refractivity contribution < 1.29 is 28.6 Å². The summed E-state index contributed by atoms with van der Waals surface area (Å²) in [7, 11) is 3.65. The van der Waals surface area contributed by atoms with Gasteiger partial charge in [0.1, 0.15) is 23.8 Å². The largest absolute Gasteiger partial charge is 0.487 e. The highest BCUT2D eigenvalue weighted by Gasteiger charge is 2.46. The number of halogens is 1. The van der Waals surface area contributed by atoms with Crippen LogP contribution in [-0.2, 0) is 20.9 Å². The van der Waals surface area contributed by atoms with Crippen LogP contribution in [0.3, 0.4) is 0 Å². The van der Waals surface area contributed by atoms with Gasteiger partial charge in [0.15, 0.2) is 0 Å². The molecule has 1 fully saturated rings. The van der Waals surface area contributed by atoms with Crippen LogP contribution in [-0.4, -0.2) is 67.4 Å². The fourth-order valence-corrected chi connectivity index (χ4v) is 4.57. The number of likely N-dealkylation sites (N-methyl/N-ethyl adjacent to an activating group) is 1. The van der Waals surface area contributed by atoms with E-state index in [2.05, 4.69) is 10.6 Å². The van der Waals surface area contributed by atoms with E-state index in [0.29, 0.717) is 23.4 Å². The third-order valence-corrected chi connectivity index (χ3v) is 6.09. The Bertz CT molecular complexity index is 1050. The molecule has 2 aliphatic rings. The van der Waals surface area contributed by atoms with Crippen molar-refractivity contribution in [3.63, 3.8) is 0 Å². The summed E-state index contributed by atoms with van der Waals surface area (Å²) in [5, 5.41) is 15.5. The van der Waals surface area contributed by atoms with Gasteiger partial charge >= 0.3 is 0 Å². The van der Waals surface area contributed by atoms with Gasteiger partial charge < -0.3 is 30.1 Å². The molecule has 3 N–H and O–H groups in total. The van der Waals surface area contributed by atoms with Gasteiger partial charge in [-0.2, -0.15) is 0 Å². The summed E-state index contributed by atoms with van der Waals surface area (Å²) < 4.78 is 25.9. The number of benzene rings is 2. The number of ether oxygens (including phenoxy) is 2. The first kappa shape index (κ1) is 24.1. The molecule has 2 aliphatic heterocycles. The highest BCUT2D eigenvalue weighted by Crippen LogP contribution is 2.47. The van der Waals surface area contributed by atoms with Crippen molar-refractivity contribution in [2.24, 2.45) is 0 Å². The lowest BCUT2D eigenvalue weighted by atomic mass is 9.84. The number of hydrogen-bond donors (Lipinski definition) is 3. The minimum atomic E-state index is -0.581. The molecule has 2 heterocycles. The number of nitrogens with zero attached hydrogens (tertiary/aromatic N) is 1. The number of aliphatic hydroxyl groups is 1. The van der Waals surface area contributed by atoms with Crippen LogP contribution >= 0.6 is 0 Å². The molecule has 9 heteroatoms. The van der Waals surface area contributed by atoms with Gasteiger partial charge in [0.25, 0.3) is 0 Å². The van der Waals surface area contributed by atoms with Crippen LogP contribution in [0.25, 0.3) is 0 Å². The zero-order valence-corrected chi connectivity index (χ0v) is 19.3. The lowest BCUT2D eigenvalue weighted by Gasteiger charge is -2.37. The van der Waals surface area contributed by atoms with Crippen molar-refractivity contribution in [1.82, 2.24) is 10.2 Å². The molecule has 0 saturated carbocycles. The van der Waals surface area contributed by atoms with Crippen LogP contribution in [0, 0.1) is 5.82 Å². The molecule has 1 saturated heterocycles. The molecule has 0 spiro atoms. The smallest absolute Gasteiger partial charge is 0.238 e. The fourth-order valence-electron chi connectivity index (χ4n) is 4.57. The quantitative estimate of drug-likeness (QED) is 0.545. The summed E-state index contributed by atoms with van der Waals surface area (Å²) in [6.07, 6.45) is -0.771. The first-order valence-electron chi connectivity index (χ1n) is 11.4. The summed E-state index contributed by atoms with van der Waals surface area (Å²) in [5.41, 5.74) is 2.00. The first-order valence-corrected chi connectivity index (χ1v) is 11.4. The summed E-state index contributed by atoms with van der Waals surface area (Å²) in [6, 6.07) is 11.8. The van der Waals surface area contributed by atoms with Gasteiger partial charge in [-0.05, 0) is 44.8 Å². The molecule has 0 bridgehead atoms. The second-order valence-corrected chi connectivity index (χ2v) is 9.01. The summed E-state index contributed by atoms with van der Waals surface area (Å²) in [5.74, 6) is -0.145. The summed E-state index contributed by atoms with van der Waals surface area (Å²) in [4.78, 5) is 26.5. The predicted molar refractivity (Wildman–Crippen MR) is 124 cm³/mol. The third-order valence-electron chi connectivity index (χ3n) is 6.09. The number of carbonyl (C=O) groups is 2. The second-order valence-electron chi connectivity index (χ2n) is 9.01. The molecule has 2 aromatic rings. The standard InChI is InChI=1S/C25H30FN3O5/c1-29(2)13-24(32)28-16-7-8-21-18(9-16)19-10-17(33-22(14-30)25(19)34-21)11-23(31)27-12-15-5-3-4-6-20(15)26/h3-9,17,19,22,25,30H,10-14H2,1-2H3,(H,27,31)(H,28,32)/t17-,19+,22+,25-/m0/s1. The van der Waals surface area contributed by atoms with Gasteiger partial charge in [-0.3, -0.25) is 9.59 Å². The normalized spacial score (nSPS) is 23.1. The Morgan fingerprint density at radius 3 is 2.71 bits per heavy atom. The molecule has 0 aromatic heterocycles. The maximum atomic E-state index is 13.8. The average molecular weight is 472 g/mol. The molecule has 0 unspecified atom stereocenters. The second kappa shape index (κ2) is 10.5. The van der Waals surface area contributed by atoms with E-state index in [1.54, 1.807) is 29.2 Å². The number of carbonyl (C=O) groups excluding carboxylic acids is 2. The summed E-state index contributed by atoms with van der Waals surface area (Å²) in [6.45, 7) is 0.120. The number of aliphatic hydroxyl groups excluding tert-OH is 1. The number of anilines is 1. The predicted octanol–water partition coefficient (Wildman–Crippen LogP) is 2.03. The van der Waals surface area contributed by atoms with Crippen LogP contribution in [0.2, 0.25) is 0 Å². The van der Waals surface area contributed by atoms with Crippen molar-refractivity contribution in [2.75, 3.05) is 32.6 Å². The highest BCUT2D eigenvalue weighted by atomic mass is 19.1. The molecular formula is C25H30FN3O5. The van der Waals surface area contributed by atoms with Crippen molar-refractivity contribution in [2.45, 2.75) is 43.6 Å². The Balaban J connectivity index is 1.42. The van der Waals surface area contributed by atoms with Gasteiger partial charge in [-0.25, -0.2) is 4.39 Å². The molecule has 2 amide bonds. The molecule has 182 valence electrons. The zero-order chi connectivity index (χ0) is 24.2. The number of fused-ring (bicyclic) bond motifs is 3. The number of amides is 2. The molecule has 4 rings (SSSR count). The van der Waals surface area contributed by atoms with E-state index in [1.165, 1.54) is 6.07 Å². The molecule has 4 atom stereocenters. The lowest BCUT2D eigenvalue weighted by molar-refractivity contribution is -0.142. The molecular weight excluding hydrogens is 441 g/mol. The lowest BCUT2D eigenvalue weighted by Crippen LogP contribution is -2.47. The van der Waals surface area contributed by atoms with Crippen LogP contribution in [0.5, 0.6) is 5.75 Å². The Kier molecular flexibility index (Phi) is 7.45. The maximum absolute atomic E-state index is 13.8. The number of hydrogen-bond acceptors (Lipinski definition) is 6. The number of nitrogens with one attached hydrogen (secondary N) is 2. The zero-order valence-electron chi connectivity index (χ0n) is 19.3. The molecule has 2 aromatic carbocycles. The van der Waals surface area contributed by atoms with E-state index in [-0.39, 0.29) is 55.8 Å².